The highest BCUT2D eigenvalue weighted by Crippen LogP contribution is 2.28. The Kier molecular flexibility index (Phi) is 6.92. The Morgan fingerprint density at radius 2 is 1.61 bits per heavy atom. The van der Waals surface area contributed by atoms with E-state index in [4.69, 9.17) is 9.47 Å². The maximum Gasteiger partial charge on any atom is 0.254 e. The van der Waals surface area contributed by atoms with Gasteiger partial charge >= 0.3 is 0 Å². The average molecular weight is 442 g/mol. The number of amides is 1. The first-order valence-corrected chi connectivity index (χ1v) is 10.9. The minimum Gasteiger partial charge on any atom is -0.493 e. The molecule has 1 saturated heterocycles. The third-order valence-electron chi connectivity index (χ3n) is 6.01. The van der Waals surface area contributed by atoms with E-state index < -0.39 is 0 Å². The van der Waals surface area contributed by atoms with Crippen molar-refractivity contribution in [2.45, 2.75) is 6.54 Å². The molecule has 0 saturated carbocycles. The second kappa shape index (κ2) is 10.2. The number of rotatable bonds is 6. The normalized spacial score (nSPS) is 13.9. The topological polar surface area (TPSA) is 65.8 Å². The van der Waals surface area contributed by atoms with Crippen LogP contribution in [0.15, 0.2) is 66.7 Å². The summed E-state index contributed by atoms with van der Waals surface area (Å²) in [5.74, 6) is 1.18. The quantitative estimate of drug-likeness (QED) is 0.574. The molecule has 168 valence electrons. The lowest BCUT2D eigenvalue weighted by Gasteiger charge is -2.35. The lowest BCUT2D eigenvalue weighted by atomic mass is 9.99. The van der Waals surface area contributed by atoms with Crippen molar-refractivity contribution < 1.29 is 14.3 Å². The number of carbonyl (C=O) groups is 1. The molecule has 1 heterocycles. The summed E-state index contributed by atoms with van der Waals surface area (Å²) in [5.41, 5.74) is 4.50. The van der Waals surface area contributed by atoms with Crippen LogP contribution in [0.5, 0.6) is 11.5 Å². The molecule has 33 heavy (non-hydrogen) atoms. The zero-order valence-corrected chi connectivity index (χ0v) is 19.0. The minimum atomic E-state index is 0.0103. The third kappa shape index (κ3) is 5.00. The Bertz CT molecular complexity index is 1160. The van der Waals surface area contributed by atoms with Crippen LogP contribution >= 0.6 is 0 Å². The molecule has 0 aromatic heterocycles. The number of nitrogens with zero attached hydrogens (tertiary/aromatic N) is 3. The predicted molar refractivity (Wildman–Crippen MR) is 127 cm³/mol. The summed E-state index contributed by atoms with van der Waals surface area (Å²) >= 11 is 0. The fourth-order valence-corrected chi connectivity index (χ4v) is 4.14. The van der Waals surface area contributed by atoms with Crippen molar-refractivity contribution in [3.05, 3.63) is 83.4 Å². The Hall–Kier alpha value is -3.82. The van der Waals surface area contributed by atoms with Gasteiger partial charge in [0.15, 0.2) is 11.5 Å². The number of piperazine rings is 1. The van der Waals surface area contributed by atoms with Gasteiger partial charge in [-0.15, -0.1) is 0 Å². The molecule has 1 fully saturated rings. The smallest absolute Gasteiger partial charge is 0.254 e. The Balaban J connectivity index is 1.35. The molecule has 1 aliphatic heterocycles. The molecule has 4 rings (SSSR count). The number of methoxy groups -OCH3 is 2. The molecular weight excluding hydrogens is 414 g/mol. The van der Waals surface area contributed by atoms with Crippen LogP contribution in [0.3, 0.4) is 0 Å². The van der Waals surface area contributed by atoms with E-state index in [-0.39, 0.29) is 5.91 Å². The monoisotopic (exact) mass is 441 g/mol. The second-order valence-corrected chi connectivity index (χ2v) is 7.99. The van der Waals surface area contributed by atoms with Gasteiger partial charge in [-0.1, -0.05) is 42.5 Å². The summed E-state index contributed by atoms with van der Waals surface area (Å²) in [5, 5.41) is 9.34. The van der Waals surface area contributed by atoms with Crippen molar-refractivity contribution in [3.8, 4) is 28.7 Å². The van der Waals surface area contributed by atoms with Gasteiger partial charge in [0.1, 0.15) is 0 Å². The van der Waals surface area contributed by atoms with Crippen LogP contribution in [-0.2, 0) is 6.54 Å². The van der Waals surface area contributed by atoms with Gasteiger partial charge in [-0.05, 0) is 41.0 Å². The van der Waals surface area contributed by atoms with Gasteiger partial charge in [0.05, 0.1) is 25.9 Å². The number of nitriles is 1. The molecule has 0 N–H and O–H groups in total. The van der Waals surface area contributed by atoms with Crippen molar-refractivity contribution in [1.82, 2.24) is 9.80 Å². The molecule has 0 aliphatic carbocycles. The van der Waals surface area contributed by atoms with E-state index >= 15 is 0 Å². The highest BCUT2D eigenvalue weighted by molar-refractivity contribution is 5.95. The van der Waals surface area contributed by atoms with E-state index in [1.807, 2.05) is 29.2 Å². The van der Waals surface area contributed by atoms with Gasteiger partial charge in [0.2, 0.25) is 0 Å². The standard InChI is InChI=1S/C27H27N3O3/c1-32-25-12-11-22(17-26(25)33-2)27(31)30-15-13-29(14-16-30)19-20-7-9-21(10-8-20)24-6-4-3-5-23(24)18-28/h3-12,17H,13-16,19H2,1-2H3. The van der Waals surface area contributed by atoms with Crippen LogP contribution in [-0.4, -0.2) is 56.1 Å². The van der Waals surface area contributed by atoms with Gasteiger partial charge in [-0.25, -0.2) is 0 Å². The molecule has 3 aromatic rings. The number of ether oxygens (including phenoxy) is 2. The molecule has 0 spiro atoms. The first-order valence-electron chi connectivity index (χ1n) is 10.9. The Morgan fingerprint density at radius 1 is 0.909 bits per heavy atom. The first kappa shape index (κ1) is 22.4. The lowest BCUT2D eigenvalue weighted by molar-refractivity contribution is 0.0628. The molecule has 3 aromatic carbocycles. The van der Waals surface area contributed by atoms with Gasteiger partial charge in [0.25, 0.3) is 5.91 Å². The van der Waals surface area contributed by atoms with Crippen molar-refractivity contribution in [3.63, 3.8) is 0 Å². The Morgan fingerprint density at radius 3 is 2.27 bits per heavy atom. The third-order valence-corrected chi connectivity index (χ3v) is 6.01. The summed E-state index contributed by atoms with van der Waals surface area (Å²) in [6.07, 6.45) is 0. The van der Waals surface area contributed by atoms with E-state index in [1.54, 1.807) is 32.4 Å². The van der Waals surface area contributed by atoms with Crippen LogP contribution in [0.25, 0.3) is 11.1 Å². The first-order chi connectivity index (χ1) is 16.1. The van der Waals surface area contributed by atoms with Crippen molar-refractivity contribution in [2.75, 3.05) is 40.4 Å². The number of carbonyl (C=O) groups excluding carboxylic acids is 1. The van der Waals surface area contributed by atoms with E-state index in [0.717, 1.165) is 30.8 Å². The van der Waals surface area contributed by atoms with Crippen LogP contribution < -0.4 is 9.47 Å². The fourth-order valence-electron chi connectivity index (χ4n) is 4.14. The average Bonchev–Trinajstić information content (AvgIpc) is 2.88. The van der Waals surface area contributed by atoms with Gasteiger partial charge in [-0.3, -0.25) is 9.69 Å². The van der Waals surface area contributed by atoms with Crippen LogP contribution in [0, 0.1) is 11.3 Å². The van der Waals surface area contributed by atoms with Gasteiger partial charge in [0, 0.05) is 38.3 Å². The zero-order chi connectivity index (χ0) is 23.2. The molecule has 6 nitrogen and oxygen atoms in total. The summed E-state index contributed by atoms with van der Waals surface area (Å²) in [7, 11) is 3.15. The van der Waals surface area contributed by atoms with Crippen LogP contribution in [0.2, 0.25) is 0 Å². The molecular formula is C27H27N3O3. The molecule has 0 unspecified atom stereocenters. The molecule has 0 radical (unpaired) electrons. The van der Waals surface area contributed by atoms with Crippen LogP contribution in [0.1, 0.15) is 21.5 Å². The maximum atomic E-state index is 12.9. The van der Waals surface area contributed by atoms with Crippen molar-refractivity contribution in [2.24, 2.45) is 0 Å². The van der Waals surface area contributed by atoms with E-state index in [9.17, 15) is 10.1 Å². The zero-order valence-electron chi connectivity index (χ0n) is 19.0. The van der Waals surface area contributed by atoms with Gasteiger partial charge in [-0.2, -0.15) is 5.26 Å². The highest BCUT2D eigenvalue weighted by atomic mass is 16.5. The predicted octanol–water partition coefficient (Wildman–Crippen LogP) is 4.20. The number of benzene rings is 3. The second-order valence-electron chi connectivity index (χ2n) is 7.99. The maximum absolute atomic E-state index is 12.9. The van der Waals surface area contributed by atoms with E-state index in [2.05, 4.69) is 35.2 Å². The summed E-state index contributed by atoms with van der Waals surface area (Å²) < 4.78 is 10.6. The summed E-state index contributed by atoms with van der Waals surface area (Å²) in [6, 6.07) is 23.6. The highest BCUT2D eigenvalue weighted by Gasteiger charge is 2.23. The largest absolute Gasteiger partial charge is 0.493 e. The SMILES string of the molecule is COc1ccc(C(=O)N2CCN(Cc3ccc(-c4ccccc4C#N)cc3)CC2)cc1OC. The van der Waals surface area contributed by atoms with E-state index in [1.165, 1.54) is 5.56 Å². The molecule has 6 heteroatoms. The van der Waals surface area contributed by atoms with Crippen LogP contribution in [0.4, 0.5) is 0 Å². The van der Waals surface area contributed by atoms with Gasteiger partial charge < -0.3 is 14.4 Å². The number of hydrogen-bond donors (Lipinski definition) is 0. The molecule has 1 aliphatic rings. The molecule has 0 bridgehead atoms. The van der Waals surface area contributed by atoms with Crippen molar-refractivity contribution in [1.29, 1.82) is 5.26 Å². The minimum absolute atomic E-state index is 0.0103. The van der Waals surface area contributed by atoms with E-state index in [0.29, 0.717) is 35.7 Å². The van der Waals surface area contributed by atoms with Crippen molar-refractivity contribution >= 4 is 5.91 Å². The molecule has 1 amide bonds. The summed E-state index contributed by atoms with van der Waals surface area (Å²) in [4.78, 5) is 17.2. The fraction of sp³-hybridized carbons (Fsp3) is 0.259. The molecule has 0 atom stereocenters. The lowest BCUT2D eigenvalue weighted by Crippen LogP contribution is -2.48. The Labute approximate surface area is 194 Å². The number of hydrogen-bond acceptors (Lipinski definition) is 5. The summed E-state index contributed by atoms with van der Waals surface area (Å²) in [6.45, 7) is 3.83.